The zero-order valence-electron chi connectivity index (χ0n) is 9.86. The van der Waals surface area contributed by atoms with E-state index in [1.54, 1.807) is 9.80 Å². The summed E-state index contributed by atoms with van der Waals surface area (Å²) in [6.45, 7) is 10.1. The van der Waals surface area contributed by atoms with Gasteiger partial charge in [-0.05, 0) is 13.3 Å². The first-order valence-electron chi connectivity index (χ1n) is 6.30. The number of carbonyl (C=O) groups is 1. The molecule has 2 atom stereocenters. The monoisotopic (exact) mass is 210 g/mol. The van der Waals surface area contributed by atoms with Crippen LogP contribution in [0.15, 0.2) is 0 Å². The topological polar surface area (TPSA) is 26.0 Å². The van der Waals surface area contributed by atoms with E-state index < -0.39 is 0 Å². The molecule has 0 saturated carbocycles. The van der Waals surface area contributed by atoms with Gasteiger partial charge in [-0.1, -0.05) is 13.3 Å². The normalized spacial score (nSPS) is 52.5. The first-order chi connectivity index (χ1) is 7.08. The average Bonchev–Trinajstić information content (AvgIpc) is 2.13. The Balaban J connectivity index is 1.99. The van der Waals surface area contributed by atoms with E-state index in [0.717, 1.165) is 39.0 Å². The SMILES string of the molecule is CCCC12C[NH+]3C[NH+](CC(C)(C3)C1=O)C2. The molecule has 0 amide bonds. The Bertz CT molecular complexity index is 299. The van der Waals surface area contributed by atoms with Gasteiger partial charge in [-0.3, -0.25) is 14.6 Å². The van der Waals surface area contributed by atoms with Crippen molar-refractivity contribution in [1.29, 1.82) is 0 Å². The Morgan fingerprint density at radius 1 is 1.20 bits per heavy atom. The van der Waals surface area contributed by atoms with Gasteiger partial charge < -0.3 is 0 Å². The summed E-state index contributed by atoms with van der Waals surface area (Å²) >= 11 is 0. The number of hydrogen-bond acceptors (Lipinski definition) is 1. The van der Waals surface area contributed by atoms with Gasteiger partial charge >= 0.3 is 0 Å². The average molecular weight is 210 g/mol. The Kier molecular flexibility index (Phi) is 1.85. The van der Waals surface area contributed by atoms with Gasteiger partial charge in [0.15, 0.2) is 5.78 Å². The van der Waals surface area contributed by atoms with Crippen molar-refractivity contribution >= 4 is 5.78 Å². The fraction of sp³-hybridized carbons (Fsp3) is 0.917. The Labute approximate surface area is 91.4 Å². The van der Waals surface area contributed by atoms with Crippen LogP contribution in [0.2, 0.25) is 0 Å². The van der Waals surface area contributed by atoms with Crippen molar-refractivity contribution in [3.63, 3.8) is 0 Å². The molecule has 2 unspecified atom stereocenters. The molecule has 4 rings (SSSR count). The summed E-state index contributed by atoms with van der Waals surface area (Å²) in [6, 6.07) is 0. The third-order valence-corrected chi connectivity index (χ3v) is 4.72. The third-order valence-electron chi connectivity index (χ3n) is 4.72. The van der Waals surface area contributed by atoms with Crippen LogP contribution in [0.4, 0.5) is 0 Å². The number of rotatable bonds is 2. The summed E-state index contributed by atoms with van der Waals surface area (Å²) in [4.78, 5) is 15.9. The van der Waals surface area contributed by atoms with E-state index in [1.165, 1.54) is 6.67 Å². The molecule has 2 N–H and O–H groups in total. The van der Waals surface area contributed by atoms with E-state index in [4.69, 9.17) is 0 Å². The first-order valence-corrected chi connectivity index (χ1v) is 6.30. The van der Waals surface area contributed by atoms with Crippen LogP contribution < -0.4 is 9.80 Å². The van der Waals surface area contributed by atoms with Crippen LogP contribution in [-0.4, -0.2) is 38.6 Å². The highest BCUT2D eigenvalue weighted by Crippen LogP contribution is 2.37. The molecule has 3 heteroatoms. The molecule has 0 radical (unpaired) electrons. The number of piperidine rings is 2. The van der Waals surface area contributed by atoms with Crippen molar-refractivity contribution in [2.45, 2.75) is 26.7 Å². The zero-order chi connectivity index (χ0) is 10.7. The second kappa shape index (κ2) is 2.83. The number of hydrogen-bond donors (Lipinski definition) is 2. The highest BCUT2D eigenvalue weighted by molar-refractivity contribution is 5.91. The Morgan fingerprint density at radius 3 is 2.33 bits per heavy atom. The molecule has 0 aromatic rings. The summed E-state index contributed by atoms with van der Waals surface area (Å²) in [5.74, 6) is 0.601. The summed E-state index contributed by atoms with van der Waals surface area (Å²) in [6.07, 6.45) is 2.27. The number of carbonyl (C=O) groups excluding carboxylic acids is 1. The molecular weight excluding hydrogens is 188 g/mol. The molecule has 4 heterocycles. The third kappa shape index (κ3) is 1.16. The fourth-order valence-electron chi connectivity index (χ4n) is 4.64. The van der Waals surface area contributed by atoms with Crippen LogP contribution in [-0.2, 0) is 4.79 Å². The second-order valence-corrected chi connectivity index (χ2v) is 6.30. The molecular formula is C12H22N2O+2. The molecule has 4 saturated heterocycles. The van der Waals surface area contributed by atoms with E-state index >= 15 is 0 Å². The summed E-state index contributed by atoms with van der Waals surface area (Å²) in [5, 5.41) is 0. The van der Waals surface area contributed by atoms with Gasteiger partial charge in [0.2, 0.25) is 6.67 Å². The molecule has 4 fully saturated rings. The molecule has 15 heavy (non-hydrogen) atoms. The van der Waals surface area contributed by atoms with Gasteiger partial charge in [0.25, 0.3) is 0 Å². The van der Waals surface area contributed by atoms with Gasteiger partial charge in [-0.15, -0.1) is 0 Å². The van der Waals surface area contributed by atoms with Crippen molar-refractivity contribution in [3.05, 3.63) is 0 Å². The molecule has 0 aromatic heterocycles. The number of quaternary nitrogens is 2. The lowest BCUT2D eigenvalue weighted by Gasteiger charge is -2.56. The predicted molar refractivity (Wildman–Crippen MR) is 56.7 cm³/mol. The quantitative estimate of drug-likeness (QED) is 0.548. The van der Waals surface area contributed by atoms with Crippen molar-refractivity contribution in [3.8, 4) is 0 Å². The van der Waals surface area contributed by atoms with Gasteiger partial charge in [0, 0.05) is 0 Å². The molecule has 4 aliphatic heterocycles. The molecule has 84 valence electrons. The summed E-state index contributed by atoms with van der Waals surface area (Å²) < 4.78 is 0. The Hall–Kier alpha value is -0.410. The molecule has 4 aliphatic rings. The molecule has 0 aromatic carbocycles. The van der Waals surface area contributed by atoms with Crippen molar-refractivity contribution < 1.29 is 14.6 Å². The largest absolute Gasteiger partial charge is 0.297 e. The highest BCUT2D eigenvalue weighted by atomic mass is 16.1. The fourth-order valence-corrected chi connectivity index (χ4v) is 4.64. The first kappa shape index (κ1) is 9.79. The minimum absolute atomic E-state index is 0.00852. The second-order valence-electron chi connectivity index (χ2n) is 6.30. The summed E-state index contributed by atoms with van der Waals surface area (Å²) in [7, 11) is 0. The van der Waals surface area contributed by atoms with Crippen molar-refractivity contribution in [2.24, 2.45) is 10.8 Å². The number of ketones is 1. The van der Waals surface area contributed by atoms with Crippen LogP contribution in [0.25, 0.3) is 0 Å². The lowest BCUT2D eigenvalue weighted by molar-refractivity contribution is -1.14. The van der Waals surface area contributed by atoms with Gasteiger partial charge in [0.1, 0.15) is 10.8 Å². The standard InChI is InChI=1S/C12H20N2O/c1-3-4-12-7-13-5-11(2,10(12)15)6-14(8-12)9-13/h3-9H2,1-2H3/p+2. The Morgan fingerprint density at radius 2 is 1.80 bits per heavy atom. The van der Waals surface area contributed by atoms with Crippen LogP contribution in [0.3, 0.4) is 0 Å². The van der Waals surface area contributed by atoms with E-state index in [0.29, 0.717) is 5.78 Å². The lowest BCUT2D eigenvalue weighted by atomic mass is 9.60. The minimum atomic E-state index is 0.00852. The van der Waals surface area contributed by atoms with E-state index in [9.17, 15) is 4.79 Å². The van der Waals surface area contributed by atoms with Crippen LogP contribution in [0.1, 0.15) is 26.7 Å². The lowest BCUT2D eigenvalue weighted by Crippen LogP contribution is -3.41. The van der Waals surface area contributed by atoms with Gasteiger partial charge in [-0.25, -0.2) is 0 Å². The van der Waals surface area contributed by atoms with Crippen LogP contribution in [0, 0.1) is 10.8 Å². The van der Waals surface area contributed by atoms with Crippen molar-refractivity contribution in [2.75, 3.05) is 32.8 Å². The van der Waals surface area contributed by atoms with E-state index in [-0.39, 0.29) is 10.8 Å². The predicted octanol–water partition coefficient (Wildman–Crippen LogP) is -1.88. The van der Waals surface area contributed by atoms with Gasteiger partial charge in [0.05, 0.1) is 26.2 Å². The number of nitrogens with one attached hydrogen (secondary N) is 2. The van der Waals surface area contributed by atoms with Crippen molar-refractivity contribution in [1.82, 2.24) is 0 Å². The maximum atomic E-state index is 12.6. The molecule has 4 bridgehead atoms. The van der Waals surface area contributed by atoms with E-state index in [1.807, 2.05) is 0 Å². The molecule has 0 spiro atoms. The van der Waals surface area contributed by atoms with Gasteiger partial charge in [-0.2, -0.15) is 0 Å². The van der Waals surface area contributed by atoms with Crippen LogP contribution >= 0.6 is 0 Å². The summed E-state index contributed by atoms with van der Waals surface area (Å²) in [5.41, 5.74) is 0.0670. The smallest absolute Gasteiger partial charge is 0.204 e. The minimum Gasteiger partial charge on any atom is -0.297 e. The zero-order valence-corrected chi connectivity index (χ0v) is 9.86. The van der Waals surface area contributed by atoms with E-state index in [2.05, 4.69) is 13.8 Å². The maximum absolute atomic E-state index is 12.6. The number of Topliss-reactive ketones (excluding diaryl/α,β-unsaturated/α-hetero) is 1. The molecule has 0 aliphatic carbocycles. The highest BCUT2D eigenvalue weighted by Gasteiger charge is 2.66. The maximum Gasteiger partial charge on any atom is 0.204 e. The molecule has 3 nitrogen and oxygen atoms in total. The van der Waals surface area contributed by atoms with Crippen LogP contribution in [0.5, 0.6) is 0 Å².